The van der Waals surface area contributed by atoms with Gasteiger partial charge in [0.1, 0.15) is 5.69 Å². The van der Waals surface area contributed by atoms with E-state index in [0.717, 1.165) is 6.42 Å². The minimum atomic E-state index is -0.511. The second kappa shape index (κ2) is 7.99. The van der Waals surface area contributed by atoms with Crippen LogP contribution in [-0.4, -0.2) is 24.7 Å². The number of ether oxygens (including phenoxy) is 1. The van der Waals surface area contributed by atoms with Crippen LogP contribution < -0.4 is 5.32 Å². The van der Waals surface area contributed by atoms with Crippen LogP contribution in [0.25, 0.3) is 0 Å². The van der Waals surface area contributed by atoms with Crippen molar-refractivity contribution in [2.45, 2.75) is 6.42 Å². The van der Waals surface area contributed by atoms with Gasteiger partial charge in [-0.05, 0) is 12.5 Å². The Morgan fingerprint density at radius 1 is 1.37 bits per heavy atom. The minimum Gasteiger partial charge on any atom is -0.379 e. The van der Waals surface area contributed by atoms with E-state index in [2.05, 4.69) is 11.9 Å². The van der Waals surface area contributed by atoms with Gasteiger partial charge in [-0.1, -0.05) is 29.3 Å². The molecule has 0 radical (unpaired) electrons. The van der Waals surface area contributed by atoms with Crippen LogP contribution in [0.5, 0.6) is 0 Å². The molecule has 1 aromatic carbocycles. The van der Waals surface area contributed by atoms with E-state index in [-0.39, 0.29) is 15.7 Å². The quantitative estimate of drug-likeness (QED) is 0.342. The van der Waals surface area contributed by atoms with E-state index < -0.39 is 4.92 Å². The monoisotopic (exact) mass is 304 g/mol. The minimum absolute atomic E-state index is 0.111. The van der Waals surface area contributed by atoms with E-state index >= 15 is 0 Å². The number of anilines is 1. The summed E-state index contributed by atoms with van der Waals surface area (Å²) in [6, 6.07) is 2.66. The van der Waals surface area contributed by atoms with Crippen LogP contribution in [0.3, 0.4) is 0 Å². The second-order valence-corrected chi connectivity index (χ2v) is 4.47. The number of rotatable bonds is 8. The topological polar surface area (TPSA) is 64.4 Å². The zero-order valence-electron chi connectivity index (χ0n) is 10.2. The molecule has 0 heterocycles. The Hall–Kier alpha value is -1.30. The summed E-state index contributed by atoms with van der Waals surface area (Å²) in [6.07, 6.45) is 2.53. The van der Waals surface area contributed by atoms with Gasteiger partial charge in [-0.15, -0.1) is 6.58 Å². The number of nitro benzene ring substituents is 1. The largest absolute Gasteiger partial charge is 0.379 e. The summed E-state index contributed by atoms with van der Waals surface area (Å²) in [6.45, 7) is 5.03. The predicted octanol–water partition coefficient (Wildman–Crippen LogP) is 3.91. The van der Waals surface area contributed by atoms with Crippen molar-refractivity contribution in [3.8, 4) is 0 Å². The molecule has 0 unspecified atom stereocenters. The molecular weight excluding hydrogens is 291 g/mol. The van der Waals surface area contributed by atoms with Gasteiger partial charge in [0, 0.05) is 12.6 Å². The Morgan fingerprint density at radius 3 is 2.68 bits per heavy atom. The van der Waals surface area contributed by atoms with E-state index in [0.29, 0.717) is 25.4 Å². The van der Waals surface area contributed by atoms with Crippen molar-refractivity contribution in [1.82, 2.24) is 0 Å². The molecule has 0 bridgehead atoms. The summed E-state index contributed by atoms with van der Waals surface area (Å²) in [5.74, 6) is 0. The number of nitro groups is 1. The van der Waals surface area contributed by atoms with Crippen molar-refractivity contribution in [2.75, 3.05) is 25.1 Å². The lowest BCUT2D eigenvalue weighted by Gasteiger charge is -2.08. The van der Waals surface area contributed by atoms with Crippen LogP contribution in [0.15, 0.2) is 24.8 Å². The second-order valence-electron chi connectivity index (χ2n) is 3.66. The van der Waals surface area contributed by atoms with Gasteiger partial charge in [0.15, 0.2) is 0 Å². The van der Waals surface area contributed by atoms with E-state index in [9.17, 15) is 10.1 Å². The number of benzene rings is 1. The highest BCUT2D eigenvalue weighted by atomic mass is 35.5. The van der Waals surface area contributed by atoms with Crippen molar-refractivity contribution >= 4 is 34.6 Å². The third-order valence-corrected chi connectivity index (χ3v) is 2.99. The molecule has 0 atom stereocenters. The number of halogens is 2. The lowest BCUT2D eigenvalue weighted by molar-refractivity contribution is -0.383. The SMILES string of the molecule is C=CCCOCCNc1cc(Cl)c(Cl)cc1[N+](=O)[O-]. The molecule has 0 amide bonds. The van der Waals surface area contributed by atoms with Crippen LogP contribution >= 0.6 is 23.2 Å². The van der Waals surface area contributed by atoms with Crippen LogP contribution in [-0.2, 0) is 4.74 Å². The maximum Gasteiger partial charge on any atom is 0.293 e. The van der Waals surface area contributed by atoms with Crippen LogP contribution in [0.4, 0.5) is 11.4 Å². The Bertz CT molecular complexity index is 467. The zero-order valence-corrected chi connectivity index (χ0v) is 11.7. The van der Waals surface area contributed by atoms with Crippen LogP contribution in [0.1, 0.15) is 6.42 Å². The van der Waals surface area contributed by atoms with Crippen molar-refractivity contribution in [3.05, 3.63) is 44.9 Å². The molecule has 0 saturated carbocycles. The number of hydrogen-bond acceptors (Lipinski definition) is 4. The van der Waals surface area contributed by atoms with Gasteiger partial charge in [0.2, 0.25) is 0 Å². The molecule has 0 spiro atoms. The lowest BCUT2D eigenvalue weighted by atomic mass is 10.2. The van der Waals surface area contributed by atoms with E-state index in [4.69, 9.17) is 27.9 Å². The molecule has 0 aliphatic carbocycles. The summed E-state index contributed by atoms with van der Waals surface area (Å²) >= 11 is 11.6. The van der Waals surface area contributed by atoms with Gasteiger partial charge >= 0.3 is 0 Å². The Kier molecular flexibility index (Phi) is 6.62. The Labute approximate surface area is 121 Å². The van der Waals surface area contributed by atoms with Gasteiger partial charge in [-0.25, -0.2) is 0 Å². The maximum absolute atomic E-state index is 10.9. The Balaban J connectivity index is 2.59. The van der Waals surface area contributed by atoms with Crippen molar-refractivity contribution < 1.29 is 9.66 Å². The van der Waals surface area contributed by atoms with Gasteiger partial charge in [-0.2, -0.15) is 0 Å². The molecule has 0 fully saturated rings. The first-order valence-corrected chi connectivity index (χ1v) is 6.37. The number of nitrogens with zero attached hydrogens (tertiary/aromatic N) is 1. The average molecular weight is 305 g/mol. The molecule has 1 aromatic rings. The molecular formula is C12H14Cl2N2O3. The first-order valence-electron chi connectivity index (χ1n) is 5.62. The zero-order chi connectivity index (χ0) is 14.3. The highest BCUT2D eigenvalue weighted by Gasteiger charge is 2.16. The normalized spacial score (nSPS) is 10.2. The molecule has 104 valence electrons. The molecule has 0 aliphatic heterocycles. The highest BCUT2D eigenvalue weighted by molar-refractivity contribution is 6.42. The average Bonchev–Trinajstić information content (AvgIpc) is 2.37. The molecule has 0 aliphatic rings. The summed E-state index contributed by atoms with van der Waals surface area (Å²) in [5, 5.41) is 14.2. The molecule has 1 N–H and O–H groups in total. The molecule has 19 heavy (non-hydrogen) atoms. The standard InChI is InChI=1S/C12H14Cl2N2O3/c1-2-3-5-19-6-4-15-11-7-9(13)10(14)8-12(11)16(17)18/h2,7-8,15H,1,3-6H2. The summed E-state index contributed by atoms with van der Waals surface area (Å²) in [5.41, 5.74) is 0.215. The molecule has 5 nitrogen and oxygen atoms in total. The first kappa shape index (κ1) is 15.8. The fourth-order valence-electron chi connectivity index (χ4n) is 1.36. The van der Waals surface area contributed by atoms with E-state index in [1.165, 1.54) is 12.1 Å². The van der Waals surface area contributed by atoms with Gasteiger partial charge < -0.3 is 10.1 Å². The number of hydrogen-bond donors (Lipinski definition) is 1. The lowest BCUT2D eigenvalue weighted by Crippen LogP contribution is -2.11. The molecule has 0 saturated heterocycles. The summed E-state index contributed by atoms with van der Waals surface area (Å²) < 4.78 is 5.29. The first-order chi connectivity index (χ1) is 9.06. The molecule has 7 heteroatoms. The molecule has 0 aromatic heterocycles. The fraction of sp³-hybridized carbons (Fsp3) is 0.333. The maximum atomic E-state index is 10.9. The molecule has 1 rings (SSSR count). The van der Waals surface area contributed by atoms with Crippen molar-refractivity contribution in [3.63, 3.8) is 0 Å². The van der Waals surface area contributed by atoms with Crippen LogP contribution in [0, 0.1) is 10.1 Å². The van der Waals surface area contributed by atoms with Gasteiger partial charge in [-0.3, -0.25) is 10.1 Å². The van der Waals surface area contributed by atoms with Crippen molar-refractivity contribution in [2.24, 2.45) is 0 Å². The highest BCUT2D eigenvalue weighted by Crippen LogP contribution is 2.33. The smallest absolute Gasteiger partial charge is 0.293 e. The van der Waals surface area contributed by atoms with Crippen molar-refractivity contribution in [1.29, 1.82) is 0 Å². The van der Waals surface area contributed by atoms with Gasteiger partial charge in [0.05, 0.1) is 28.2 Å². The third-order valence-electron chi connectivity index (χ3n) is 2.26. The van der Waals surface area contributed by atoms with E-state index in [1.54, 1.807) is 6.08 Å². The van der Waals surface area contributed by atoms with Crippen LogP contribution in [0.2, 0.25) is 10.0 Å². The predicted molar refractivity (Wildman–Crippen MR) is 77.2 cm³/mol. The summed E-state index contributed by atoms with van der Waals surface area (Å²) in [4.78, 5) is 10.4. The van der Waals surface area contributed by atoms with E-state index in [1.807, 2.05) is 0 Å². The number of nitrogens with one attached hydrogen (secondary N) is 1. The van der Waals surface area contributed by atoms with Gasteiger partial charge in [0.25, 0.3) is 5.69 Å². The third kappa shape index (κ3) is 5.06. The fourth-order valence-corrected chi connectivity index (χ4v) is 1.68. The summed E-state index contributed by atoms with van der Waals surface area (Å²) in [7, 11) is 0. The Morgan fingerprint density at radius 2 is 2.05 bits per heavy atom.